The summed E-state index contributed by atoms with van der Waals surface area (Å²) in [6.45, 7) is 0.272. The van der Waals surface area contributed by atoms with Gasteiger partial charge in [0.25, 0.3) is 0 Å². The quantitative estimate of drug-likeness (QED) is 0.783. The molecule has 0 aliphatic rings. The number of nitrogens with one attached hydrogen (secondary N) is 1. The molecule has 0 saturated carbocycles. The van der Waals surface area contributed by atoms with Gasteiger partial charge < -0.3 is 10.5 Å². The van der Waals surface area contributed by atoms with E-state index in [4.69, 9.17) is 10.5 Å². The van der Waals surface area contributed by atoms with Crippen molar-refractivity contribution in [2.45, 2.75) is 11.3 Å². The molecule has 2 rings (SSSR count). The van der Waals surface area contributed by atoms with Crippen molar-refractivity contribution in [2.75, 3.05) is 19.4 Å². The van der Waals surface area contributed by atoms with Gasteiger partial charge >= 0.3 is 0 Å². The first-order valence-electron chi connectivity index (χ1n) is 5.84. The van der Waals surface area contributed by atoms with Crippen LogP contribution in [0.4, 0.5) is 5.69 Å². The molecule has 6 nitrogen and oxygen atoms in total. The first-order chi connectivity index (χ1) is 9.53. The summed E-state index contributed by atoms with van der Waals surface area (Å²) >= 11 is 1.49. The second kappa shape index (κ2) is 6.21. The average molecular weight is 313 g/mol. The van der Waals surface area contributed by atoms with Crippen LogP contribution >= 0.6 is 11.3 Å². The summed E-state index contributed by atoms with van der Waals surface area (Å²) < 4.78 is 32.0. The fraction of sp³-hybridized carbons (Fsp3) is 0.250. The molecule has 0 aliphatic carbocycles. The number of benzene rings is 1. The summed E-state index contributed by atoms with van der Waals surface area (Å²) in [5, 5.41) is 2.73. The van der Waals surface area contributed by atoms with E-state index in [2.05, 4.69) is 9.71 Å². The monoisotopic (exact) mass is 313 g/mol. The maximum Gasteiger partial charge on any atom is 0.244 e. The fourth-order valence-corrected chi connectivity index (χ4v) is 3.50. The predicted octanol–water partition coefficient (Wildman–Crippen LogP) is 1.25. The van der Waals surface area contributed by atoms with Gasteiger partial charge in [-0.1, -0.05) is 0 Å². The van der Waals surface area contributed by atoms with Crippen molar-refractivity contribution >= 4 is 27.0 Å². The zero-order chi connectivity index (χ0) is 14.6. The Kier molecular flexibility index (Phi) is 4.58. The highest BCUT2D eigenvalue weighted by atomic mass is 32.2. The molecule has 0 amide bonds. The van der Waals surface area contributed by atoms with Crippen LogP contribution in [0, 0.1) is 0 Å². The standard InChI is InChI=1S/C12H15N3O3S2/c1-18-10-3-2-9(13)8-11(10)20(16,17)15-5-4-12-14-6-7-19-12/h2-3,6-8,15H,4-5,13H2,1H3. The minimum absolute atomic E-state index is 0.0409. The minimum atomic E-state index is -3.66. The molecule has 1 aromatic carbocycles. The summed E-state index contributed by atoms with van der Waals surface area (Å²) in [6.07, 6.45) is 2.23. The second-order valence-electron chi connectivity index (χ2n) is 3.98. The van der Waals surface area contributed by atoms with Crippen LogP contribution in [0.2, 0.25) is 0 Å². The van der Waals surface area contributed by atoms with E-state index in [0.717, 1.165) is 5.01 Å². The molecule has 0 atom stereocenters. The molecule has 0 spiro atoms. The molecule has 0 aliphatic heterocycles. The molecule has 8 heteroatoms. The van der Waals surface area contributed by atoms with E-state index in [1.807, 2.05) is 5.38 Å². The molecule has 20 heavy (non-hydrogen) atoms. The van der Waals surface area contributed by atoms with Crippen molar-refractivity contribution in [3.8, 4) is 5.75 Å². The number of nitrogens with two attached hydrogens (primary N) is 1. The Morgan fingerprint density at radius 2 is 2.25 bits per heavy atom. The Hall–Kier alpha value is -1.64. The number of nitrogens with zero attached hydrogens (tertiary/aromatic N) is 1. The molecule has 0 bridgehead atoms. The summed E-state index contributed by atoms with van der Waals surface area (Å²) in [6, 6.07) is 4.50. The van der Waals surface area contributed by atoms with Gasteiger partial charge in [0.2, 0.25) is 10.0 Å². The third-order valence-corrected chi connectivity index (χ3v) is 4.91. The number of hydrogen-bond acceptors (Lipinski definition) is 6. The van der Waals surface area contributed by atoms with Gasteiger partial charge in [0, 0.05) is 30.2 Å². The molecule has 0 saturated heterocycles. The van der Waals surface area contributed by atoms with E-state index in [-0.39, 0.29) is 17.2 Å². The summed E-state index contributed by atoms with van der Waals surface area (Å²) in [5.74, 6) is 0.265. The largest absolute Gasteiger partial charge is 0.495 e. The average Bonchev–Trinajstić information content (AvgIpc) is 2.91. The third-order valence-electron chi connectivity index (χ3n) is 2.59. The lowest BCUT2D eigenvalue weighted by Gasteiger charge is -2.11. The third kappa shape index (κ3) is 3.47. The number of hydrogen-bond donors (Lipinski definition) is 2. The first-order valence-corrected chi connectivity index (χ1v) is 8.21. The first kappa shape index (κ1) is 14.8. The lowest BCUT2D eigenvalue weighted by molar-refractivity contribution is 0.402. The van der Waals surface area contributed by atoms with Crippen LogP contribution < -0.4 is 15.2 Å². The Balaban J connectivity index is 2.11. The Morgan fingerprint density at radius 3 is 2.90 bits per heavy atom. The maximum absolute atomic E-state index is 12.2. The molecule has 1 aromatic heterocycles. The Morgan fingerprint density at radius 1 is 1.45 bits per heavy atom. The molecule has 3 N–H and O–H groups in total. The van der Waals surface area contributed by atoms with Crippen LogP contribution in [-0.4, -0.2) is 27.1 Å². The van der Waals surface area contributed by atoms with E-state index in [0.29, 0.717) is 12.1 Å². The number of nitrogen functional groups attached to an aromatic ring is 1. The summed E-state index contributed by atoms with van der Waals surface area (Å²) in [5.41, 5.74) is 6.00. The van der Waals surface area contributed by atoms with E-state index in [1.165, 1.54) is 30.6 Å². The molecule has 0 radical (unpaired) electrons. The van der Waals surface area contributed by atoms with Crippen LogP contribution in [0.5, 0.6) is 5.75 Å². The zero-order valence-corrected chi connectivity index (χ0v) is 12.5. The molecule has 1 heterocycles. The lowest BCUT2D eigenvalue weighted by Crippen LogP contribution is -2.26. The van der Waals surface area contributed by atoms with Crippen molar-refractivity contribution in [1.29, 1.82) is 0 Å². The van der Waals surface area contributed by atoms with E-state index in [1.54, 1.807) is 12.3 Å². The highest BCUT2D eigenvalue weighted by Gasteiger charge is 2.19. The molecule has 108 valence electrons. The number of aromatic nitrogens is 1. The van der Waals surface area contributed by atoms with E-state index >= 15 is 0 Å². The number of sulfonamides is 1. The van der Waals surface area contributed by atoms with Gasteiger partial charge in [-0.15, -0.1) is 11.3 Å². The summed E-state index contributed by atoms with van der Waals surface area (Å²) in [7, 11) is -2.24. The topological polar surface area (TPSA) is 94.3 Å². The molecular formula is C12H15N3O3S2. The Labute approximate surface area is 121 Å². The van der Waals surface area contributed by atoms with E-state index < -0.39 is 10.0 Å². The maximum atomic E-state index is 12.2. The van der Waals surface area contributed by atoms with Crippen molar-refractivity contribution in [1.82, 2.24) is 9.71 Å². The molecule has 0 unspecified atom stereocenters. The van der Waals surface area contributed by atoms with Gasteiger partial charge in [-0.05, 0) is 18.2 Å². The highest BCUT2D eigenvalue weighted by Crippen LogP contribution is 2.25. The van der Waals surface area contributed by atoms with Gasteiger partial charge in [0.05, 0.1) is 12.1 Å². The molecule has 2 aromatic rings. The SMILES string of the molecule is COc1ccc(N)cc1S(=O)(=O)NCCc1nccs1. The number of thiazole rings is 1. The fourth-order valence-electron chi connectivity index (χ4n) is 1.65. The van der Waals surface area contributed by atoms with Crippen LogP contribution in [0.15, 0.2) is 34.7 Å². The lowest BCUT2D eigenvalue weighted by atomic mass is 10.3. The van der Waals surface area contributed by atoms with Crippen LogP contribution in [0.1, 0.15) is 5.01 Å². The number of anilines is 1. The number of rotatable bonds is 6. The molecular weight excluding hydrogens is 298 g/mol. The highest BCUT2D eigenvalue weighted by molar-refractivity contribution is 7.89. The minimum Gasteiger partial charge on any atom is -0.495 e. The van der Waals surface area contributed by atoms with E-state index in [9.17, 15) is 8.42 Å². The van der Waals surface area contributed by atoms with Crippen molar-refractivity contribution in [3.63, 3.8) is 0 Å². The normalized spacial score (nSPS) is 11.4. The van der Waals surface area contributed by atoms with Crippen molar-refractivity contribution < 1.29 is 13.2 Å². The van der Waals surface area contributed by atoms with Crippen LogP contribution in [-0.2, 0) is 16.4 Å². The van der Waals surface area contributed by atoms with Crippen molar-refractivity contribution in [3.05, 3.63) is 34.8 Å². The van der Waals surface area contributed by atoms with Crippen LogP contribution in [0.25, 0.3) is 0 Å². The predicted molar refractivity (Wildman–Crippen MR) is 78.4 cm³/mol. The number of methoxy groups -OCH3 is 1. The smallest absolute Gasteiger partial charge is 0.244 e. The number of ether oxygens (including phenoxy) is 1. The van der Waals surface area contributed by atoms with Gasteiger partial charge in [-0.2, -0.15) is 0 Å². The van der Waals surface area contributed by atoms with Gasteiger partial charge in [-0.25, -0.2) is 18.1 Å². The zero-order valence-electron chi connectivity index (χ0n) is 10.9. The Bertz CT molecular complexity index is 669. The van der Waals surface area contributed by atoms with Gasteiger partial charge in [0.1, 0.15) is 10.6 Å². The second-order valence-corrected chi connectivity index (χ2v) is 6.70. The van der Waals surface area contributed by atoms with Crippen LogP contribution in [0.3, 0.4) is 0 Å². The van der Waals surface area contributed by atoms with Gasteiger partial charge in [0.15, 0.2) is 0 Å². The van der Waals surface area contributed by atoms with Crippen molar-refractivity contribution in [2.24, 2.45) is 0 Å². The molecule has 0 fully saturated rings. The van der Waals surface area contributed by atoms with Gasteiger partial charge in [-0.3, -0.25) is 0 Å². The summed E-state index contributed by atoms with van der Waals surface area (Å²) in [4.78, 5) is 4.14.